The van der Waals surface area contributed by atoms with Gasteiger partial charge in [0.1, 0.15) is 5.84 Å². The van der Waals surface area contributed by atoms with E-state index in [0.717, 1.165) is 22.8 Å². The van der Waals surface area contributed by atoms with Crippen molar-refractivity contribution < 1.29 is 0 Å². The van der Waals surface area contributed by atoms with Gasteiger partial charge in [0.2, 0.25) is 0 Å². The monoisotopic (exact) mass is 399 g/mol. The van der Waals surface area contributed by atoms with Gasteiger partial charge in [0.05, 0.1) is 6.54 Å². The summed E-state index contributed by atoms with van der Waals surface area (Å²) in [4.78, 5) is 7.29. The summed E-state index contributed by atoms with van der Waals surface area (Å²) in [5.74, 6) is 3.57. The molecule has 1 fully saturated rings. The molecule has 0 aliphatic carbocycles. The number of halogens is 1. The molecule has 27 heavy (non-hydrogen) atoms. The first-order chi connectivity index (χ1) is 13.1. The van der Waals surface area contributed by atoms with Gasteiger partial charge in [-0.1, -0.05) is 29.8 Å². The highest BCUT2D eigenvalue weighted by atomic mass is 35.5. The zero-order valence-corrected chi connectivity index (χ0v) is 17.5. The van der Waals surface area contributed by atoms with Crippen molar-refractivity contribution in [2.24, 2.45) is 10.4 Å². The van der Waals surface area contributed by atoms with E-state index < -0.39 is 0 Å². The van der Waals surface area contributed by atoms with Crippen LogP contribution in [0.5, 0.6) is 0 Å². The van der Waals surface area contributed by atoms with Crippen LogP contribution in [0.1, 0.15) is 24.0 Å². The number of benzene rings is 2. The van der Waals surface area contributed by atoms with E-state index >= 15 is 0 Å². The Morgan fingerprint density at radius 2 is 1.93 bits per heavy atom. The average molecular weight is 400 g/mol. The fourth-order valence-corrected chi connectivity index (χ4v) is 5.65. The molecule has 1 N–H and O–H groups in total. The quantitative estimate of drug-likeness (QED) is 0.739. The molecule has 2 aliphatic heterocycles. The summed E-state index contributed by atoms with van der Waals surface area (Å²) in [5, 5.41) is 4.49. The molecule has 2 aromatic rings. The summed E-state index contributed by atoms with van der Waals surface area (Å²) < 4.78 is 0. The third kappa shape index (κ3) is 3.83. The van der Waals surface area contributed by atoms with E-state index in [0.29, 0.717) is 6.54 Å². The summed E-state index contributed by atoms with van der Waals surface area (Å²) in [6.45, 7) is 0.667. The zero-order valence-electron chi connectivity index (χ0n) is 16.0. The van der Waals surface area contributed by atoms with E-state index in [4.69, 9.17) is 16.6 Å². The maximum Gasteiger partial charge on any atom is 0.108 e. The maximum atomic E-state index is 6.15. The standard InChI is InChI=1S/C22H26ClN3S/c1-26(2)20-8-4-7-19-18(20)14-22(9-11-27-12-10-22)21(25-19)24-15-16-5-3-6-17(23)13-16/h3-8,13H,9-12,14-15H2,1-2H3,(H,24,25). The Bertz CT molecular complexity index is 856. The van der Waals surface area contributed by atoms with E-state index in [9.17, 15) is 0 Å². The molecule has 0 atom stereocenters. The van der Waals surface area contributed by atoms with Gasteiger partial charge in [-0.25, -0.2) is 0 Å². The summed E-state index contributed by atoms with van der Waals surface area (Å²) in [6.07, 6.45) is 3.43. The molecule has 2 aromatic carbocycles. The minimum atomic E-state index is 0.128. The SMILES string of the molecule is CN(C)c1cccc2c1CC1(CCSCC1)C(=NCc1cccc(Cl)c1)N2. The molecule has 1 spiro atoms. The van der Waals surface area contributed by atoms with E-state index in [-0.39, 0.29) is 5.41 Å². The molecular weight excluding hydrogens is 374 g/mol. The molecule has 4 rings (SSSR count). The molecule has 0 aromatic heterocycles. The van der Waals surface area contributed by atoms with Crippen molar-refractivity contribution in [2.75, 3.05) is 35.8 Å². The highest BCUT2D eigenvalue weighted by Gasteiger charge is 2.42. The summed E-state index contributed by atoms with van der Waals surface area (Å²) in [7, 11) is 4.25. The zero-order chi connectivity index (χ0) is 18.9. The first-order valence-corrected chi connectivity index (χ1v) is 11.0. The van der Waals surface area contributed by atoms with Gasteiger partial charge in [-0.15, -0.1) is 0 Å². The molecule has 142 valence electrons. The third-order valence-corrected chi connectivity index (χ3v) is 6.88. The Morgan fingerprint density at radius 1 is 1.15 bits per heavy atom. The number of thioether (sulfide) groups is 1. The number of hydrogen-bond donors (Lipinski definition) is 1. The Balaban J connectivity index is 1.71. The highest BCUT2D eigenvalue weighted by molar-refractivity contribution is 7.99. The fourth-order valence-electron chi connectivity index (χ4n) is 4.17. The van der Waals surface area contributed by atoms with Crippen LogP contribution in [-0.4, -0.2) is 31.4 Å². The predicted molar refractivity (Wildman–Crippen MR) is 120 cm³/mol. The number of anilines is 2. The second kappa shape index (κ2) is 7.76. The summed E-state index contributed by atoms with van der Waals surface area (Å²) >= 11 is 8.21. The molecular formula is C22H26ClN3S. The van der Waals surface area contributed by atoms with Crippen LogP contribution in [0.15, 0.2) is 47.5 Å². The molecule has 3 nitrogen and oxygen atoms in total. The molecule has 0 radical (unpaired) electrons. The molecule has 0 unspecified atom stereocenters. The summed E-state index contributed by atoms with van der Waals surface area (Å²) in [5.41, 5.74) is 5.23. The van der Waals surface area contributed by atoms with E-state index in [2.05, 4.69) is 60.3 Å². The number of fused-ring (bicyclic) bond motifs is 1. The second-order valence-corrected chi connectivity index (χ2v) is 9.35. The largest absolute Gasteiger partial charge is 0.377 e. The fraction of sp³-hybridized carbons (Fsp3) is 0.409. The van der Waals surface area contributed by atoms with Crippen molar-refractivity contribution in [3.63, 3.8) is 0 Å². The molecule has 5 heteroatoms. The molecule has 2 heterocycles. The van der Waals surface area contributed by atoms with Crippen LogP contribution < -0.4 is 10.2 Å². The number of nitrogens with one attached hydrogen (secondary N) is 1. The van der Waals surface area contributed by atoms with Crippen LogP contribution in [0.2, 0.25) is 5.02 Å². The van der Waals surface area contributed by atoms with E-state index in [1.807, 2.05) is 18.2 Å². The average Bonchev–Trinajstić information content (AvgIpc) is 2.66. The van der Waals surface area contributed by atoms with Crippen molar-refractivity contribution in [3.8, 4) is 0 Å². The van der Waals surface area contributed by atoms with Crippen molar-refractivity contribution in [3.05, 3.63) is 58.6 Å². The normalized spacial score (nSPS) is 19.6. The van der Waals surface area contributed by atoms with Gasteiger partial charge in [0.15, 0.2) is 0 Å². The molecule has 0 saturated carbocycles. The Hall–Kier alpha value is -1.65. The lowest BCUT2D eigenvalue weighted by Gasteiger charge is -2.43. The number of aliphatic imine (C=N–C) groups is 1. The van der Waals surface area contributed by atoms with Gasteiger partial charge in [-0.3, -0.25) is 4.99 Å². The van der Waals surface area contributed by atoms with Crippen molar-refractivity contribution >= 4 is 40.6 Å². The minimum Gasteiger partial charge on any atom is -0.377 e. The van der Waals surface area contributed by atoms with E-state index in [1.54, 1.807) is 0 Å². The Kier molecular flexibility index (Phi) is 5.38. The molecule has 1 saturated heterocycles. The van der Waals surface area contributed by atoms with Crippen LogP contribution in [-0.2, 0) is 13.0 Å². The van der Waals surface area contributed by atoms with Gasteiger partial charge in [0.25, 0.3) is 0 Å². The van der Waals surface area contributed by atoms with Crippen LogP contribution in [0.3, 0.4) is 0 Å². The number of amidine groups is 1. The van der Waals surface area contributed by atoms with Crippen LogP contribution in [0.25, 0.3) is 0 Å². The maximum absolute atomic E-state index is 6.15. The van der Waals surface area contributed by atoms with Crippen molar-refractivity contribution in [1.29, 1.82) is 0 Å². The predicted octanol–water partition coefficient (Wildman–Crippen LogP) is 5.49. The lowest BCUT2D eigenvalue weighted by atomic mass is 9.72. The Labute approximate surface area is 171 Å². The number of rotatable bonds is 3. The lowest BCUT2D eigenvalue weighted by Crippen LogP contribution is -2.45. The van der Waals surface area contributed by atoms with Crippen LogP contribution in [0.4, 0.5) is 11.4 Å². The van der Waals surface area contributed by atoms with Gasteiger partial charge in [0, 0.05) is 35.9 Å². The first-order valence-electron chi connectivity index (χ1n) is 9.51. The molecule has 0 bridgehead atoms. The highest BCUT2D eigenvalue weighted by Crippen LogP contribution is 2.46. The third-order valence-electron chi connectivity index (χ3n) is 5.66. The number of hydrogen-bond acceptors (Lipinski definition) is 3. The van der Waals surface area contributed by atoms with Gasteiger partial charge < -0.3 is 10.2 Å². The van der Waals surface area contributed by atoms with Crippen molar-refractivity contribution in [2.45, 2.75) is 25.8 Å². The van der Waals surface area contributed by atoms with Crippen LogP contribution >= 0.6 is 23.4 Å². The number of nitrogens with zero attached hydrogens (tertiary/aromatic N) is 2. The smallest absolute Gasteiger partial charge is 0.108 e. The van der Waals surface area contributed by atoms with E-state index in [1.165, 1.54) is 41.3 Å². The molecule has 0 amide bonds. The minimum absolute atomic E-state index is 0.128. The Morgan fingerprint density at radius 3 is 2.67 bits per heavy atom. The van der Waals surface area contributed by atoms with Gasteiger partial charge >= 0.3 is 0 Å². The molecule has 2 aliphatic rings. The summed E-state index contributed by atoms with van der Waals surface area (Å²) in [6, 6.07) is 14.6. The van der Waals surface area contributed by atoms with Crippen molar-refractivity contribution in [1.82, 2.24) is 0 Å². The van der Waals surface area contributed by atoms with Gasteiger partial charge in [-0.2, -0.15) is 11.8 Å². The lowest BCUT2D eigenvalue weighted by molar-refractivity contribution is 0.377. The van der Waals surface area contributed by atoms with Gasteiger partial charge in [-0.05, 0) is 66.2 Å². The first kappa shape index (κ1) is 18.7. The second-order valence-electron chi connectivity index (χ2n) is 7.69. The van der Waals surface area contributed by atoms with Crippen LogP contribution in [0, 0.1) is 5.41 Å². The topological polar surface area (TPSA) is 27.6 Å².